The number of amides is 1. The molecule has 1 heterocycles. The number of nitrogens with one attached hydrogen (secondary N) is 1. The fourth-order valence-electron chi connectivity index (χ4n) is 0.831. The molecule has 0 spiro atoms. The molecular formula is C7H9N3O2. The molecule has 0 unspecified atom stereocenters. The van der Waals surface area contributed by atoms with Crippen molar-refractivity contribution in [2.75, 3.05) is 5.32 Å². The lowest BCUT2D eigenvalue weighted by Gasteiger charge is -1.92. The number of rotatable bonds is 2. The number of carbonyl (C=O) groups is 2. The van der Waals surface area contributed by atoms with Crippen molar-refractivity contribution in [3.63, 3.8) is 0 Å². The minimum absolute atomic E-state index is 0.203. The predicted octanol–water partition coefficient (Wildman–Crippen LogP) is 0.191. The summed E-state index contributed by atoms with van der Waals surface area (Å²) in [5.41, 5.74) is 0. The molecule has 1 aromatic heterocycles. The highest BCUT2D eigenvalue weighted by Crippen LogP contribution is 2.04. The van der Waals surface area contributed by atoms with Crippen LogP contribution in [-0.2, 0) is 11.8 Å². The van der Waals surface area contributed by atoms with Crippen molar-refractivity contribution in [3.05, 3.63) is 12.0 Å². The first-order chi connectivity index (χ1) is 5.63. The predicted molar refractivity (Wildman–Crippen MR) is 42.9 cm³/mol. The molecule has 0 bridgehead atoms. The maximum atomic E-state index is 10.6. The van der Waals surface area contributed by atoms with E-state index in [1.165, 1.54) is 11.5 Å². The highest BCUT2D eigenvalue weighted by atomic mass is 16.1. The topological polar surface area (TPSA) is 64.0 Å². The quantitative estimate of drug-likeness (QED) is 0.639. The van der Waals surface area contributed by atoms with Gasteiger partial charge in [-0.25, -0.2) is 4.98 Å². The number of carbonyl (C=O) groups excluding carboxylic acids is 2. The molecule has 1 aromatic rings. The smallest absolute Gasteiger partial charge is 0.222 e. The lowest BCUT2D eigenvalue weighted by atomic mass is 10.6. The van der Waals surface area contributed by atoms with Gasteiger partial charge in [0.1, 0.15) is 0 Å². The van der Waals surface area contributed by atoms with Gasteiger partial charge in [0.05, 0.1) is 0 Å². The molecule has 1 rings (SSSR count). The number of hydrogen-bond donors (Lipinski definition) is 1. The lowest BCUT2D eigenvalue weighted by molar-refractivity contribution is -0.114. The van der Waals surface area contributed by atoms with Crippen molar-refractivity contribution in [2.24, 2.45) is 7.05 Å². The van der Waals surface area contributed by atoms with Gasteiger partial charge < -0.3 is 9.88 Å². The van der Waals surface area contributed by atoms with Gasteiger partial charge in [0.15, 0.2) is 17.9 Å². The van der Waals surface area contributed by atoms with E-state index in [4.69, 9.17) is 0 Å². The van der Waals surface area contributed by atoms with E-state index in [1.54, 1.807) is 13.2 Å². The number of aryl methyl sites for hydroxylation is 1. The van der Waals surface area contributed by atoms with Crippen LogP contribution < -0.4 is 5.32 Å². The summed E-state index contributed by atoms with van der Waals surface area (Å²) in [5.74, 6) is 0.483. The first kappa shape index (κ1) is 8.45. The van der Waals surface area contributed by atoms with Crippen LogP contribution >= 0.6 is 0 Å². The number of hydrogen-bond acceptors (Lipinski definition) is 3. The van der Waals surface area contributed by atoms with E-state index in [0.29, 0.717) is 17.9 Å². The highest BCUT2D eigenvalue weighted by Gasteiger charge is 2.03. The fourth-order valence-corrected chi connectivity index (χ4v) is 0.831. The molecule has 0 aliphatic rings. The molecule has 0 atom stereocenters. The number of aldehydes is 1. The normalized spacial score (nSPS) is 9.50. The van der Waals surface area contributed by atoms with Crippen molar-refractivity contribution in [2.45, 2.75) is 6.92 Å². The number of imidazole rings is 1. The summed E-state index contributed by atoms with van der Waals surface area (Å²) in [7, 11) is 1.68. The first-order valence-corrected chi connectivity index (χ1v) is 3.39. The largest absolute Gasteiger partial charge is 0.330 e. The van der Waals surface area contributed by atoms with Gasteiger partial charge in [-0.15, -0.1) is 0 Å². The number of aromatic nitrogens is 2. The van der Waals surface area contributed by atoms with Crippen LogP contribution in [0.5, 0.6) is 0 Å². The fraction of sp³-hybridized carbons (Fsp3) is 0.286. The van der Waals surface area contributed by atoms with Crippen molar-refractivity contribution >= 4 is 18.0 Å². The van der Waals surface area contributed by atoms with Crippen LogP contribution in [0.3, 0.4) is 0 Å². The minimum atomic E-state index is -0.203. The summed E-state index contributed by atoms with van der Waals surface area (Å²) in [6, 6.07) is 0. The standard InChI is InChI=1S/C7H9N3O2/c1-5(12)8-6-3-10(2)7(4-11)9-6/h3-4H,1-2H3,(H,8,12). The Labute approximate surface area is 69.4 Å². The van der Waals surface area contributed by atoms with Crippen molar-refractivity contribution in [3.8, 4) is 0 Å². The van der Waals surface area contributed by atoms with E-state index >= 15 is 0 Å². The monoisotopic (exact) mass is 167 g/mol. The molecule has 12 heavy (non-hydrogen) atoms. The van der Waals surface area contributed by atoms with Gasteiger partial charge >= 0.3 is 0 Å². The van der Waals surface area contributed by atoms with Crippen LogP contribution in [0.1, 0.15) is 17.5 Å². The third kappa shape index (κ3) is 1.69. The highest BCUT2D eigenvalue weighted by molar-refractivity contribution is 5.88. The Morgan fingerprint density at radius 3 is 2.83 bits per heavy atom. The van der Waals surface area contributed by atoms with Crippen LogP contribution in [0.15, 0.2) is 6.20 Å². The van der Waals surface area contributed by atoms with Gasteiger partial charge in [-0.1, -0.05) is 0 Å². The average molecular weight is 167 g/mol. The maximum Gasteiger partial charge on any atom is 0.222 e. The van der Waals surface area contributed by atoms with Gasteiger partial charge in [-0.3, -0.25) is 9.59 Å². The van der Waals surface area contributed by atoms with Crippen LogP contribution in [0.4, 0.5) is 5.82 Å². The number of anilines is 1. The SMILES string of the molecule is CC(=O)Nc1cn(C)c(C=O)n1. The Hall–Kier alpha value is -1.65. The van der Waals surface area contributed by atoms with E-state index in [9.17, 15) is 9.59 Å². The van der Waals surface area contributed by atoms with E-state index < -0.39 is 0 Å². The van der Waals surface area contributed by atoms with Crippen LogP contribution in [0, 0.1) is 0 Å². The van der Waals surface area contributed by atoms with Crippen molar-refractivity contribution in [1.29, 1.82) is 0 Å². The molecule has 5 nitrogen and oxygen atoms in total. The minimum Gasteiger partial charge on any atom is -0.330 e. The average Bonchev–Trinajstić information content (AvgIpc) is 2.29. The lowest BCUT2D eigenvalue weighted by Crippen LogP contribution is -2.05. The Bertz CT molecular complexity index is 316. The Kier molecular flexibility index (Phi) is 2.23. The van der Waals surface area contributed by atoms with Crippen molar-refractivity contribution < 1.29 is 9.59 Å². The Balaban J connectivity index is 2.89. The molecule has 0 saturated heterocycles. The third-order valence-corrected chi connectivity index (χ3v) is 1.32. The summed E-state index contributed by atoms with van der Waals surface area (Å²) in [6.07, 6.45) is 2.20. The molecule has 0 aliphatic carbocycles. The third-order valence-electron chi connectivity index (χ3n) is 1.32. The molecule has 1 N–H and O–H groups in total. The molecule has 0 saturated carbocycles. The zero-order valence-corrected chi connectivity index (χ0v) is 6.87. The van der Waals surface area contributed by atoms with E-state index in [1.807, 2.05) is 0 Å². The van der Waals surface area contributed by atoms with E-state index in [0.717, 1.165) is 0 Å². The Morgan fingerprint density at radius 1 is 1.75 bits per heavy atom. The Morgan fingerprint density at radius 2 is 2.42 bits per heavy atom. The van der Waals surface area contributed by atoms with Gasteiger partial charge in [0.25, 0.3) is 0 Å². The van der Waals surface area contributed by atoms with E-state index in [2.05, 4.69) is 10.3 Å². The summed E-state index contributed by atoms with van der Waals surface area (Å²) in [5, 5.41) is 2.47. The molecule has 0 fully saturated rings. The summed E-state index contributed by atoms with van der Waals surface area (Å²) in [6.45, 7) is 1.38. The van der Waals surface area contributed by atoms with Crippen molar-refractivity contribution in [1.82, 2.24) is 9.55 Å². The second-order valence-corrected chi connectivity index (χ2v) is 2.39. The van der Waals surface area contributed by atoms with Gasteiger partial charge in [0.2, 0.25) is 5.91 Å². The summed E-state index contributed by atoms with van der Waals surface area (Å²) >= 11 is 0. The maximum absolute atomic E-state index is 10.6. The zero-order chi connectivity index (χ0) is 9.14. The number of nitrogens with zero attached hydrogens (tertiary/aromatic N) is 2. The molecule has 5 heteroatoms. The molecule has 0 aliphatic heterocycles. The van der Waals surface area contributed by atoms with Gasteiger partial charge in [0, 0.05) is 20.2 Å². The molecular weight excluding hydrogens is 158 g/mol. The second-order valence-electron chi connectivity index (χ2n) is 2.39. The molecule has 1 amide bonds. The molecule has 64 valence electrons. The van der Waals surface area contributed by atoms with Gasteiger partial charge in [-0.2, -0.15) is 0 Å². The van der Waals surface area contributed by atoms with Crippen LogP contribution in [-0.4, -0.2) is 21.7 Å². The van der Waals surface area contributed by atoms with E-state index in [-0.39, 0.29) is 5.91 Å². The second kappa shape index (κ2) is 3.17. The van der Waals surface area contributed by atoms with Crippen LogP contribution in [0.2, 0.25) is 0 Å². The zero-order valence-electron chi connectivity index (χ0n) is 6.87. The first-order valence-electron chi connectivity index (χ1n) is 3.39. The van der Waals surface area contributed by atoms with Gasteiger partial charge in [-0.05, 0) is 0 Å². The molecule has 0 aromatic carbocycles. The molecule has 0 radical (unpaired) electrons. The van der Waals surface area contributed by atoms with Crippen LogP contribution in [0.25, 0.3) is 0 Å². The summed E-state index contributed by atoms with van der Waals surface area (Å²) < 4.78 is 1.54. The summed E-state index contributed by atoms with van der Waals surface area (Å²) in [4.78, 5) is 24.7.